The minimum absolute atomic E-state index is 0.0608. The fourth-order valence-corrected chi connectivity index (χ4v) is 3.27. The Labute approximate surface area is 169 Å². The van der Waals surface area contributed by atoms with Gasteiger partial charge in [0.05, 0.1) is 0 Å². The molecule has 0 aliphatic carbocycles. The number of carbonyl (C=O) groups is 1. The SMILES string of the molecule is Cc1cccc(-c2nc3ccc(NC(=O)COc4c(C)cccc4C)cc3o2)c1. The molecule has 0 bridgehead atoms. The first-order valence-electron chi connectivity index (χ1n) is 9.46. The zero-order chi connectivity index (χ0) is 20.4. The van der Waals surface area contributed by atoms with Gasteiger partial charge in [-0.05, 0) is 56.2 Å². The Balaban J connectivity index is 1.47. The standard InChI is InChI=1S/C24H22N2O3/c1-15-6-4-9-18(12-15)24-26-20-11-10-19(13-21(20)29-24)25-22(27)14-28-23-16(2)7-5-8-17(23)3/h4-13H,14H2,1-3H3,(H,25,27). The maximum atomic E-state index is 12.3. The fraction of sp³-hybridized carbons (Fsp3) is 0.167. The van der Waals surface area contributed by atoms with Gasteiger partial charge < -0.3 is 14.5 Å². The Bertz CT molecular complexity index is 1170. The number of amides is 1. The molecule has 1 aromatic heterocycles. The molecule has 0 aliphatic rings. The van der Waals surface area contributed by atoms with Gasteiger partial charge in [-0.15, -0.1) is 0 Å². The second-order valence-electron chi connectivity index (χ2n) is 7.13. The zero-order valence-corrected chi connectivity index (χ0v) is 16.7. The van der Waals surface area contributed by atoms with Gasteiger partial charge in [-0.25, -0.2) is 4.98 Å². The number of aryl methyl sites for hydroxylation is 3. The largest absolute Gasteiger partial charge is 0.483 e. The number of carbonyl (C=O) groups excluding carboxylic acids is 1. The number of para-hydroxylation sites is 1. The number of oxazole rings is 1. The van der Waals surface area contributed by atoms with E-state index in [1.165, 1.54) is 0 Å². The van der Waals surface area contributed by atoms with Crippen molar-refractivity contribution >= 4 is 22.7 Å². The highest BCUT2D eigenvalue weighted by atomic mass is 16.5. The highest BCUT2D eigenvalue weighted by Crippen LogP contribution is 2.27. The van der Waals surface area contributed by atoms with Gasteiger partial charge >= 0.3 is 0 Å². The van der Waals surface area contributed by atoms with Gasteiger partial charge in [0.1, 0.15) is 11.3 Å². The van der Waals surface area contributed by atoms with E-state index in [2.05, 4.69) is 10.3 Å². The lowest BCUT2D eigenvalue weighted by molar-refractivity contribution is -0.118. The van der Waals surface area contributed by atoms with Crippen LogP contribution in [-0.2, 0) is 4.79 Å². The number of nitrogens with one attached hydrogen (secondary N) is 1. The molecule has 0 saturated heterocycles. The summed E-state index contributed by atoms with van der Waals surface area (Å²) in [5.41, 5.74) is 6.07. The Hall–Kier alpha value is -3.60. The van der Waals surface area contributed by atoms with Crippen LogP contribution in [0.5, 0.6) is 5.75 Å². The molecule has 0 unspecified atom stereocenters. The number of aromatic nitrogens is 1. The van der Waals surface area contributed by atoms with Crippen LogP contribution in [0.3, 0.4) is 0 Å². The van der Waals surface area contributed by atoms with Gasteiger partial charge in [0.25, 0.3) is 5.91 Å². The number of benzene rings is 3. The molecule has 4 rings (SSSR count). The first-order chi connectivity index (χ1) is 14.0. The average molecular weight is 386 g/mol. The quantitative estimate of drug-likeness (QED) is 0.496. The molecule has 146 valence electrons. The number of fused-ring (bicyclic) bond motifs is 1. The predicted molar refractivity (Wildman–Crippen MR) is 114 cm³/mol. The van der Waals surface area contributed by atoms with Crippen LogP contribution in [0.15, 0.2) is 65.1 Å². The molecule has 0 atom stereocenters. The summed E-state index contributed by atoms with van der Waals surface area (Å²) in [6.45, 7) is 5.89. The molecule has 1 heterocycles. The molecule has 0 fully saturated rings. The van der Waals surface area contributed by atoms with E-state index in [-0.39, 0.29) is 12.5 Å². The third kappa shape index (κ3) is 4.14. The maximum Gasteiger partial charge on any atom is 0.262 e. The summed E-state index contributed by atoms with van der Waals surface area (Å²) in [4.78, 5) is 16.9. The second kappa shape index (κ2) is 7.80. The van der Waals surface area contributed by atoms with Crippen molar-refractivity contribution in [3.63, 3.8) is 0 Å². The average Bonchev–Trinajstić information content (AvgIpc) is 3.11. The van der Waals surface area contributed by atoms with E-state index in [1.54, 1.807) is 6.07 Å². The Morgan fingerprint density at radius 2 is 1.76 bits per heavy atom. The summed E-state index contributed by atoms with van der Waals surface area (Å²) in [7, 11) is 0. The lowest BCUT2D eigenvalue weighted by atomic mass is 10.1. The molecule has 0 radical (unpaired) electrons. The lowest BCUT2D eigenvalue weighted by Crippen LogP contribution is -2.20. The highest BCUT2D eigenvalue weighted by molar-refractivity contribution is 5.94. The summed E-state index contributed by atoms with van der Waals surface area (Å²) in [6, 6.07) is 19.3. The molecule has 29 heavy (non-hydrogen) atoms. The third-order valence-corrected chi connectivity index (χ3v) is 4.69. The molecule has 0 aliphatic heterocycles. The first-order valence-corrected chi connectivity index (χ1v) is 9.46. The summed E-state index contributed by atoms with van der Waals surface area (Å²) in [5, 5.41) is 2.85. The van der Waals surface area contributed by atoms with Crippen LogP contribution in [0.25, 0.3) is 22.6 Å². The molecule has 1 N–H and O–H groups in total. The number of hydrogen-bond donors (Lipinski definition) is 1. The summed E-state index contributed by atoms with van der Waals surface area (Å²) in [5.74, 6) is 1.08. The van der Waals surface area contributed by atoms with Gasteiger partial charge in [-0.1, -0.05) is 35.9 Å². The molecule has 4 aromatic rings. The fourth-order valence-electron chi connectivity index (χ4n) is 3.27. The van der Waals surface area contributed by atoms with Crippen LogP contribution >= 0.6 is 0 Å². The van der Waals surface area contributed by atoms with E-state index < -0.39 is 0 Å². The van der Waals surface area contributed by atoms with Gasteiger partial charge in [0.15, 0.2) is 12.2 Å². The van der Waals surface area contributed by atoms with Crippen LogP contribution in [-0.4, -0.2) is 17.5 Å². The van der Waals surface area contributed by atoms with Crippen molar-refractivity contribution in [3.8, 4) is 17.2 Å². The highest BCUT2D eigenvalue weighted by Gasteiger charge is 2.11. The van der Waals surface area contributed by atoms with Gasteiger partial charge in [-0.3, -0.25) is 4.79 Å². The number of anilines is 1. The number of hydrogen-bond acceptors (Lipinski definition) is 4. The van der Waals surface area contributed by atoms with Gasteiger partial charge in [0, 0.05) is 17.3 Å². The smallest absolute Gasteiger partial charge is 0.262 e. The van der Waals surface area contributed by atoms with Crippen LogP contribution in [0.2, 0.25) is 0 Å². The molecule has 0 spiro atoms. The van der Waals surface area contributed by atoms with Gasteiger partial charge in [0.2, 0.25) is 5.89 Å². The minimum atomic E-state index is -0.231. The van der Waals surface area contributed by atoms with E-state index in [0.29, 0.717) is 17.2 Å². The molecule has 5 nitrogen and oxygen atoms in total. The van der Waals surface area contributed by atoms with Crippen molar-refractivity contribution in [2.45, 2.75) is 20.8 Å². The van der Waals surface area contributed by atoms with Crippen molar-refractivity contribution < 1.29 is 13.9 Å². The topological polar surface area (TPSA) is 64.4 Å². The third-order valence-electron chi connectivity index (χ3n) is 4.69. The summed E-state index contributed by atoms with van der Waals surface area (Å²) in [6.07, 6.45) is 0. The summed E-state index contributed by atoms with van der Waals surface area (Å²) < 4.78 is 11.6. The van der Waals surface area contributed by atoms with Crippen molar-refractivity contribution in [2.75, 3.05) is 11.9 Å². The van der Waals surface area contributed by atoms with Crippen molar-refractivity contribution in [1.82, 2.24) is 4.98 Å². The first kappa shape index (κ1) is 18.7. The zero-order valence-electron chi connectivity index (χ0n) is 16.7. The molecular weight excluding hydrogens is 364 g/mol. The number of rotatable bonds is 5. The molecule has 1 amide bonds. The predicted octanol–water partition coefficient (Wildman–Crippen LogP) is 5.44. The molecule has 5 heteroatoms. The van der Waals surface area contributed by atoms with Crippen molar-refractivity contribution in [3.05, 3.63) is 77.4 Å². The van der Waals surface area contributed by atoms with Crippen LogP contribution in [0, 0.1) is 20.8 Å². The van der Waals surface area contributed by atoms with Crippen molar-refractivity contribution in [2.24, 2.45) is 0 Å². The minimum Gasteiger partial charge on any atom is -0.483 e. The van der Waals surface area contributed by atoms with E-state index in [4.69, 9.17) is 9.15 Å². The van der Waals surface area contributed by atoms with E-state index in [9.17, 15) is 4.79 Å². The van der Waals surface area contributed by atoms with Gasteiger partial charge in [-0.2, -0.15) is 0 Å². The van der Waals surface area contributed by atoms with Crippen molar-refractivity contribution in [1.29, 1.82) is 0 Å². The molecule has 0 saturated carbocycles. The molecular formula is C24H22N2O3. The van der Waals surface area contributed by atoms with E-state index >= 15 is 0 Å². The van der Waals surface area contributed by atoms with Crippen LogP contribution in [0.4, 0.5) is 5.69 Å². The lowest BCUT2D eigenvalue weighted by Gasteiger charge is -2.11. The number of nitrogens with zero attached hydrogens (tertiary/aromatic N) is 1. The normalized spacial score (nSPS) is 10.9. The Morgan fingerprint density at radius 3 is 2.52 bits per heavy atom. The van der Waals surface area contributed by atoms with Crippen LogP contribution in [0.1, 0.15) is 16.7 Å². The van der Waals surface area contributed by atoms with E-state index in [1.807, 2.05) is 75.4 Å². The second-order valence-corrected chi connectivity index (χ2v) is 7.13. The monoisotopic (exact) mass is 386 g/mol. The Kier molecular flexibility index (Phi) is 5.04. The summed E-state index contributed by atoms with van der Waals surface area (Å²) >= 11 is 0. The number of ether oxygens (including phenoxy) is 1. The van der Waals surface area contributed by atoms with E-state index in [0.717, 1.165) is 33.5 Å². The molecule has 3 aromatic carbocycles. The van der Waals surface area contributed by atoms with Crippen LogP contribution < -0.4 is 10.1 Å². The Morgan fingerprint density at radius 1 is 1.00 bits per heavy atom. The maximum absolute atomic E-state index is 12.3.